The minimum atomic E-state index is 0.147. The van der Waals surface area contributed by atoms with Gasteiger partial charge in [-0.2, -0.15) is 0 Å². The molecule has 1 aromatic carbocycles. The Balaban J connectivity index is 1.91. The summed E-state index contributed by atoms with van der Waals surface area (Å²) in [6, 6.07) is 8.56. The van der Waals surface area contributed by atoms with Crippen LogP contribution in [-0.4, -0.2) is 12.3 Å². The molecule has 3 rings (SSSR count). The van der Waals surface area contributed by atoms with E-state index in [1.54, 1.807) is 0 Å². The molecular weight excluding hydrogens is 290 g/mol. The van der Waals surface area contributed by atoms with E-state index in [-0.39, 0.29) is 5.78 Å². The Kier molecular flexibility index (Phi) is 4.19. The number of benzene rings is 1. The number of hydrogen-bond acceptors (Lipinski definition) is 2. The van der Waals surface area contributed by atoms with Gasteiger partial charge in [0.2, 0.25) is 0 Å². The molecule has 1 atom stereocenters. The number of thioether (sulfide) groups is 1. The van der Waals surface area contributed by atoms with E-state index in [0.717, 1.165) is 23.3 Å². The Morgan fingerprint density at radius 1 is 1.09 bits per heavy atom. The molecule has 2 aliphatic rings. The quantitative estimate of drug-likeness (QED) is 0.902. The van der Waals surface area contributed by atoms with Gasteiger partial charge in [-0.05, 0) is 73.5 Å². The van der Waals surface area contributed by atoms with Gasteiger partial charge in [0.1, 0.15) is 0 Å². The van der Waals surface area contributed by atoms with E-state index in [4.69, 9.17) is 0 Å². The normalized spacial score (nSPS) is 22.5. The average molecular weight is 310 g/mol. The molecule has 1 aromatic rings. The smallest absolute Gasteiger partial charge is 0.184 e. The predicted octanol–water partition coefficient (Wildman–Crippen LogP) is 3.57. The molecule has 1 aliphatic carbocycles. The number of quaternary nitrogens is 1. The second kappa shape index (κ2) is 6.11. The van der Waals surface area contributed by atoms with Gasteiger partial charge in [-0.1, -0.05) is 12.1 Å². The molecule has 22 heavy (non-hydrogen) atoms. The third kappa shape index (κ3) is 2.74. The molecule has 1 heterocycles. The number of para-hydroxylation sites is 1. The highest BCUT2D eigenvalue weighted by Gasteiger charge is 2.29. The van der Waals surface area contributed by atoms with Gasteiger partial charge in [0.05, 0.1) is 11.4 Å². The van der Waals surface area contributed by atoms with Gasteiger partial charge in [-0.15, -0.1) is 0 Å². The molecule has 0 bridgehead atoms. The Hall–Kier alpha value is -1.84. The van der Waals surface area contributed by atoms with Crippen molar-refractivity contribution in [2.45, 2.75) is 25.7 Å². The van der Waals surface area contributed by atoms with Crippen molar-refractivity contribution < 1.29 is 9.69 Å². The summed E-state index contributed by atoms with van der Waals surface area (Å²) in [6.45, 7) is 6.99. The van der Waals surface area contributed by atoms with Gasteiger partial charge < -0.3 is 0 Å². The number of carbonyl (C=O) groups is 1. The first-order valence-electron chi connectivity index (χ1n) is 7.57. The summed E-state index contributed by atoms with van der Waals surface area (Å²) in [7, 11) is 0. The third-order valence-electron chi connectivity index (χ3n) is 3.99. The molecule has 0 saturated carbocycles. The van der Waals surface area contributed by atoms with Gasteiger partial charge in [0.25, 0.3) is 0 Å². The fraction of sp³-hybridized carbons (Fsp3) is 0.211. The lowest BCUT2D eigenvalue weighted by atomic mass is 9.96. The number of nitrogens with one attached hydrogen (secondary N) is 1. The number of allylic oxidation sites excluding steroid dienone is 7. The molecule has 0 fully saturated rings. The lowest BCUT2D eigenvalue weighted by Gasteiger charge is -2.11. The minimum absolute atomic E-state index is 0.147. The maximum atomic E-state index is 11.8. The van der Waals surface area contributed by atoms with Crippen LogP contribution < -0.4 is 4.90 Å². The molecule has 1 aliphatic heterocycles. The zero-order chi connectivity index (χ0) is 15.7. The molecule has 1 N–H and O–H groups in total. The Morgan fingerprint density at radius 3 is 2.45 bits per heavy atom. The van der Waals surface area contributed by atoms with Gasteiger partial charge in [0, 0.05) is 12.1 Å². The van der Waals surface area contributed by atoms with Crippen LogP contribution >= 0.6 is 11.8 Å². The summed E-state index contributed by atoms with van der Waals surface area (Å²) in [5, 5.41) is 1.31. The molecule has 112 valence electrons. The van der Waals surface area contributed by atoms with Crippen molar-refractivity contribution in [1.82, 2.24) is 0 Å². The van der Waals surface area contributed by atoms with Crippen LogP contribution in [0, 0.1) is 0 Å². The Morgan fingerprint density at radius 2 is 1.77 bits per heavy atom. The van der Waals surface area contributed by atoms with Crippen LogP contribution in [-0.2, 0) is 4.79 Å². The fourth-order valence-electron chi connectivity index (χ4n) is 2.87. The number of hydrogen-bond donors (Lipinski definition) is 1. The molecule has 0 aromatic heterocycles. The fourth-order valence-corrected chi connectivity index (χ4v) is 4.07. The number of Topliss-reactive ketones (excluding diaryl/α,β-unsaturated/α-hetero) is 1. The van der Waals surface area contributed by atoms with Gasteiger partial charge >= 0.3 is 0 Å². The largest absolute Gasteiger partial charge is 0.289 e. The van der Waals surface area contributed by atoms with Crippen molar-refractivity contribution in [3.63, 3.8) is 0 Å². The second-order valence-electron chi connectivity index (χ2n) is 5.61. The molecule has 0 saturated heterocycles. The van der Waals surface area contributed by atoms with Crippen molar-refractivity contribution in [2.24, 2.45) is 0 Å². The highest BCUT2D eigenvalue weighted by molar-refractivity contribution is 8.03. The van der Waals surface area contributed by atoms with Gasteiger partial charge in [-0.25, -0.2) is 0 Å². The van der Waals surface area contributed by atoms with Crippen molar-refractivity contribution in [1.29, 1.82) is 0 Å². The molecule has 0 spiro atoms. The van der Waals surface area contributed by atoms with Crippen LogP contribution in [0.3, 0.4) is 0 Å². The minimum Gasteiger partial charge on any atom is -0.289 e. The van der Waals surface area contributed by atoms with Crippen LogP contribution in [0.1, 0.15) is 20.8 Å². The van der Waals surface area contributed by atoms with E-state index in [1.165, 1.54) is 20.5 Å². The lowest BCUT2D eigenvalue weighted by molar-refractivity contribution is -0.777. The van der Waals surface area contributed by atoms with Crippen LogP contribution in [0.25, 0.3) is 0 Å². The topological polar surface area (TPSA) is 21.5 Å². The standard InChI is InChI=1S/C19H19NOS/c1-4-20-16-7-5-6-8-17(16)22-18(20)10-9-15-11-13(2)19(21)14(3)12-15/h5-12H,4H2,1-3H3/p+1. The highest BCUT2D eigenvalue weighted by atomic mass is 32.2. The van der Waals surface area contributed by atoms with E-state index in [1.807, 2.05) is 37.8 Å². The third-order valence-corrected chi connectivity index (χ3v) is 5.17. The molecular formula is C19H20NOS+. The van der Waals surface area contributed by atoms with E-state index in [9.17, 15) is 4.79 Å². The van der Waals surface area contributed by atoms with E-state index in [0.29, 0.717) is 0 Å². The molecule has 0 radical (unpaired) electrons. The number of fused-ring (bicyclic) bond motifs is 1. The van der Waals surface area contributed by atoms with E-state index >= 15 is 0 Å². The summed E-state index contributed by atoms with van der Waals surface area (Å²) in [5.74, 6) is 0.147. The summed E-state index contributed by atoms with van der Waals surface area (Å²) >= 11 is 1.83. The monoisotopic (exact) mass is 310 g/mol. The van der Waals surface area contributed by atoms with Gasteiger partial charge in [0.15, 0.2) is 16.5 Å². The lowest BCUT2D eigenvalue weighted by Crippen LogP contribution is -3.03. The highest BCUT2D eigenvalue weighted by Crippen LogP contribution is 2.35. The maximum absolute atomic E-state index is 11.8. The van der Waals surface area contributed by atoms with Crippen molar-refractivity contribution in [2.75, 3.05) is 6.54 Å². The first kappa shape index (κ1) is 15.1. The van der Waals surface area contributed by atoms with E-state index in [2.05, 4.69) is 43.3 Å². The summed E-state index contributed by atoms with van der Waals surface area (Å²) in [5.41, 5.74) is 4.07. The first-order valence-corrected chi connectivity index (χ1v) is 8.38. The molecule has 2 nitrogen and oxygen atoms in total. The molecule has 3 heteroatoms. The van der Waals surface area contributed by atoms with E-state index < -0.39 is 0 Å². The maximum Gasteiger partial charge on any atom is 0.184 e. The first-order chi connectivity index (χ1) is 10.6. The SMILES string of the molecule is CC[NH+]1C(=CC=C2C=C(C)C(=O)C(C)=C2)Sc2ccccc21. The zero-order valence-electron chi connectivity index (χ0n) is 13.1. The Labute approximate surface area is 135 Å². The zero-order valence-corrected chi connectivity index (χ0v) is 14.0. The summed E-state index contributed by atoms with van der Waals surface area (Å²) in [4.78, 5) is 14.5. The number of carbonyl (C=O) groups excluding carboxylic acids is 1. The Bertz CT molecular complexity index is 728. The number of ketones is 1. The predicted molar refractivity (Wildman–Crippen MR) is 92.1 cm³/mol. The molecule has 1 unspecified atom stereocenters. The molecule has 0 amide bonds. The van der Waals surface area contributed by atoms with Crippen LogP contribution in [0.4, 0.5) is 5.69 Å². The van der Waals surface area contributed by atoms with Crippen LogP contribution in [0.2, 0.25) is 0 Å². The van der Waals surface area contributed by atoms with Crippen LogP contribution in [0.5, 0.6) is 0 Å². The van der Waals surface area contributed by atoms with Gasteiger partial charge in [-0.3, -0.25) is 9.69 Å². The van der Waals surface area contributed by atoms with Crippen molar-refractivity contribution >= 4 is 23.2 Å². The van der Waals surface area contributed by atoms with Crippen LogP contribution in [0.15, 0.2) is 75.2 Å². The van der Waals surface area contributed by atoms with Crippen molar-refractivity contribution in [3.8, 4) is 0 Å². The second-order valence-corrected chi connectivity index (χ2v) is 6.70. The van der Waals surface area contributed by atoms with Crippen molar-refractivity contribution in [3.05, 3.63) is 70.3 Å². The summed E-state index contributed by atoms with van der Waals surface area (Å²) in [6.07, 6.45) is 8.22. The summed E-state index contributed by atoms with van der Waals surface area (Å²) < 4.78 is 0. The number of rotatable bonds is 2. The average Bonchev–Trinajstić information content (AvgIpc) is 2.87.